The molecule has 132 valence electrons. The summed E-state index contributed by atoms with van der Waals surface area (Å²) >= 11 is 5.82. The van der Waals surface area contributed by atoms with Gasteiger partial charge < -0.3 is 4.90 Å². The number of sulfonamides is 1. The first-order chi connectivity index (χ1) is 11.5. The Kier molecular flexibility index (Phi) is 5.47. The maximum atomic E-state index is 12.6. The Labute approximate surface area is 148 Å². The second-order valence-corrected chi connectivity index (χ2v) is 8.97. The van der Waals surface area contributed by atoms with Crippen molar-refractivity contribution in [2.75, 3.05) is 26.2 Å². The van der Waals surface area contributed by atoms with Crippen molar-refractivity contribution in [3.05, 3.63) is 29.3 Å². The molecule has 1 aromatic carbocycles. The Morgan fingerprint density at radius 3 is 2.21 bits per heavy atom. The predicted molar refractivity (Wildman–Crippen MR) is 93.4 cm³/mol. The van der Waals surface area contributed by atoms with Gasteiger partial charge in [0, 0.05) is 37.6 Å². The lowest BCUT2D eigenvalue weighted by molar-refractivity contribution is -0.133. The number of nitrogens with zero attached hydrogens (tertiary/aromatic N) is 2. The molecule has 0 aromatic heterocycles. The van der Waals surface area contributed by atoms with Crippen molar-refractivity contribution in [2.45, 2.75) is 37.0 Å². The van der Waals surface area contributed by atoms with E-state index < -0.39 is 10.0 Å². The van der Waals surface area contributed by atoms with Crippen LogP contribution in [0.2, 0.25) is 5.02 Å². The van der Waals surface area contributed by atoms with Gasteiger partial charge in [0.05, 0.1) is 4.90 Å². The molecule has 3 rings (SSSR count). The number of amides is 1. The van der Waals surface area contributed by atoms with Gasteiger partial charge in [-0.25, -0.2) is 8.42 Å². The molecule has 1 aliphatic carbocycles. The van der Waals surface area contributed by atoms with Gasteiger partial charge in [-0.3, -0.25) is 4.79 Å². The number of benzene rings is 1. The summed E-state index contributed by atoms with van der Waals surface area (Å²) in [5.41, 5.74) is 0. The fraction of sp³-hybridized carbons (Fsp3) is 0.588. The second-order valence-electron chi connectivity index (χ2n) is 6.59. The van der Waals surface area contributed by atoms with E-state index in [1.165, 1.54) is 29.3 Å². The molecule has 1 amide bonds. The van der Waals surface area contributed by atoms with Gasteiger partial charge in [0.25, 0.3) is 0 Å². The van der Waals surface area contributed by atoms with Crippen molar-refractivity contribution >= 4 is 27.5 Å². The zero-order chi connectivity index (χ0) is 17.2. The third-order valence-electron chi connectivity index (χ3n) is 4.98. The van der Waals surface area contributed by atoms with Crippen LogP contribution in [0.4, 0.5) is 0 Å². The minimum absolute atomic E-state index is 0.172. The smallest absolute Gasteiger partial charge is 0.243 e. The average molecular weight is 371 g/mol. The fourth-order valence-electron chi connectivity index (χ4n) is 3.52. The summed E-state index contributed by atoms with van der Waals surface area (Å²) in [6.07, 6.45) is 5.37. The number of hydrogen-bond donors (Lipinski definition) is 0. The molecule has 1 aliphatic heterocycles. The van der Waals surface area contributed by atoms with E-state index in [-0.39, 0.29) is 10.8 Å². The topological polar surface area (TPSA) is 57.7 Å². The molecule has 0 atom stereocenters. The van der Waals surface area contributed by atoms with E-state index >= 15 is 0 Å². The molecule has 0 radical (unpaired) electrons. The first-order valence-electron chi connectivity index (χ1n) is 8.50. The Balaban J connectivity index is 1.57. The Morgan fingerprint density at radius 1 is 1.04 bits per heavy atom. The highest BCUT2D eigenvalue weighted by Gasteiger charge is 2.31. The van der Waals surface area contributed by atoms with E-state index in [0.29, 0.717) is 43.5 Å². The predicted octanol–water partition coefficient (Wildman–Crippen LogP) is 2.75. The third-order valence-corrected chi connectivity index (χ3v) is 7.15. The molecule has 1 heterocycles. The summed E-state index contributed by atoms with van der Waals surface area (Å²) in [6, 6.07) is 6.20. The quantitative estimate of drug-likeness (QED) is 0.818. The van der Waals surface area contributed by atoms with Gasteiger partial charge in [-0.05, 0) is 43.0 Å². The van der Waals surface area contributed by atoms with E-state index in [0.717, 1.165) is 12.8 Å². The highest BCUT2D eigenvalue weighted by atomic mass is 35.5. The molecule has 0 unspecified atom stereocenters. The lowest BCUT2D eigenvalue weighted by Gasteiger charge is -2.34. The molecule has 5 nitrogen and oxygen atoms in total. The van der Waals surface area contributed by atoms with Gasteiger partial charge >= 0.3 is 0 Å². The molecule has 2 fully saturated rings. The minimum Gasteiger partial charge on any atom is -0.340 e. The first kappa shape index (κ1) is 17.7. The molecule has 0 N–H and O–H groups in total. The van der Waals surface area contributed by atoms with Crippen LogP contribution in [-0.4, -0.2) is 49.7 Å². The maximum Gasteiger partial charge on any atom is 0.243 e. The van der Waals surface area contributed by atoms with Crippen molar-refractivity contribution in [1.29, 1.82) is 0 Å². The summed E-state index contributed by atoms with van der Waals surface area (Å²) in [5, 5.41) is 0.510. The van der Waals surface area contributed by atoms with Gasteiger partial charge in [0.2, 0.25) is 15.9 Å². The van der Waals surface area contributed by atoms with E-state index in [1.54, 1.807) is 12.1 Å². The minimum atomic E-state index is -3.51. The van der Waals surface area contributed by atoms with E-state index in [1.807, 2.05) is 4.90 Å². The fourth-order valence-corrected chi connectivity index (χ4v) is 5.07. The highest BCUT2D eigenvalue weighted by Crippen LogP contribution is 2.28. The third kappa shape index (κ3) is 3.92. The van der Waals surface area contributed by atoms with Crippen molar-refractivity contribution in [1.82, 2.24) is 9.21 Å². The maximum absolute atomic E-state index is 12.6. The zero-order valence-corrected chi connectivity index (χ0v) is 15.2. The monoisotopic (exact) mass is 370 g/mol. The van der Waals surface area contributed by atoms with E-state index in [9.17, 15) is 13.2 Å². The van der Waals surface area contributed by atoms with Crippen LogP contribution < -0.4 is 0 Å². The molecule has 24 heavy (non-hydrogen) atoms. The van der Waals surface area contributed by atoms with Crippen LogP contribution in [0.25, 0.3) is 0 Å². The van der Waals surface area contributed by atoms with Crippen LogP contribution in [0.5, 0.6) is 0 Å². The van der Waals surface area contributed by atoms with E-state index in [4.69, 9.17) is 11.6 Å². The largest absolute Gasteiger partial charge is 0.340 e. The van der Waals surface area contributed by atoms with Gasteiger partial charge in [-0.15, -0.1) is 0 Å². The molecule has 0 bridgehead atoms. The van der Waals surface area contributed by atoms with Crippen molar-refractivity contribution < 1.29 is 13.2 Å². The van der Waals surface area contributed by atoms with Gasteiger partial charge in [0.15, 0.2) is 0 Å². The van der Waals surface area contributed by atoms with Crippen molar-refractivity contribution in [2.24, 2.45) is 5.92 Å². The SMILES string of the molecule is O=C(CC1CCCC1)N1CCN(S(=O)(=O)c2ccc(Cl)cc2)CC1. The summed E-state index contributed by atoms with van der Waals surface area (Å²) < 4.78 is 26.7. The van der Waals surface area contributed by atoms with Crippen LogP contribution in [0, 0.1) is 5.92 Å². The Morgan fingerprint density at radius 2 is 1.62 bits per heavy atom. The van der Waals surface area contributed by atoms with Gasteiger partial charge in [-0.1, -0.05) is 24.4 Å². The average Bonchev–Trinajstić information content (AvgIpc) is 3.08. The second kappa shape index (κ2) is 7.42. The molecule has 1 saturated carbocycles. The zero-order valence-electron chi connectivity index (χ0n) is 13.7. The molecule has 1 saturated heterocycles. The lowest BCUT2D eigenvalue weighted by Crippen LogP contribution is -2.50. The number of carbonyl (C=O) groups excluding carboxylic acids is 1. The normalized spacial score (nSPS) is 20.5. The van der Waals surface area contributed by atoms with Crippen molar-refractivity contribution in [3.63, 3.8) is 0 Å². The van der Waals surface area contributed by atoms with Crippen LogP contribution >= 0.6 is 11.6 Å². The number of halogens is 1. The lowest BCUT2D eigenvalue weighted by atomic mass is 10.0. The first-order valence-corrected chi connectivity index (χ1v) is 10.3. The Hall–Kier alpha value is -1.11. The summed E-state index contributed by atoms with van der Waals surface area (Å²) in [6.45, 7) is 1.64. The molecular weight excluding hydrogens is 348 g/mol. The van der Waals surface area contributed by atoms with Crippen LogP contribution in [0.3, 0.4) is 0 Å². The van der Waals surface area contributed by atoms with Crippen molar-refractivity contribution in [3.8, 4) is 0 Å². The van der Waals surface area contributed by atoms with Crippen LogP contribution in [-0.2, 0) is 14.8 Å². The molecule has 0 spiro atoms. The Bertz CT molecular complexity index is 676. The standard InChI is InChI=1S/C17H23ClN2O3S/c18-15-5-7-16(8-6-15)24(22,23)20-11-9-19(10-12-20)17(21)13-14-3-1-2-4-14/h5-8,14H,1-4,9-13H2. The molecule has 7 heteroatoms. The van der Waals surface area contributed by atoms with Crippen LogP contribution in [0.1, 0.15) is 32.1 Å². The number of piperazine rings is 1. The summed E-state index contributed by atoms with van der Waals surface area (Å²) in [5.74, 6) is 0.693. The van der Waals surface area contributed by atoms with Crippen LogP contribution in [0.15, 0.2) is 29.2 Å². The highest BCUT2D eigenvalue weighted by molar-refractivity contribution is 7.89. The van der Waals surface area contributed by atoms with Gasteiger partial charge in [-0.2, -0.15) is 4.31 Å². The molecule has 2 aliphatic rings. The molecule has 1 aromatic rings. The summed E-state index contributed by atoms with van der Waals surface area (Å²) in [7, 11) is -3.51. The van der Waals surface area contributed by atoms with E-state index in [2.05, 4.69) is 0 Å². The molecular formula is C17H23ClN2O3S. The summed E-state index contributed by atoms with van der Waals surface area (Å²) in [4.78, 5) is 14.4. The number of rotatable bonds is 4. The number of carbonyl (C=O) groups is 1. The van der Waals surface area contributed by atoms with Gasteiger partial charge in [0.1, 0.15) is 0 Å². The number of hydrogen-bond acceptors (Lipinski definition) is 3.